The predicted octanol–water partition coefficient (Wildman–Crippen LogP) is 2.62. The zero-order valence-corrected chi connectivity index (χ0v) is 11.5. The predicted molar refractivity (Wildman–Crippen MR) is 71.6 cm³/mol. The molecule has 6 nitrogen and oxygen atoms in total. The molecule has 1 atom stereocenters. The third-order valence-corrected chi connectivity index (χ3v) is 3.20. The number of nitro groups is 1. The van der Waals surface area contributed by atoms with Crippen LogP contribution in [0, 0.1) is 23.0 Å². The first-order valence-electron chi connectivity index (χ1n) is 6.55. The molecule has 6 heteroatoms. The average Bonchev–Trinajstić information content (AvgIpc) is 3.22. The highest BCUT2D eigenvalue weighted by Gasteiger charge is 2.25. The van der Waals surface area contributed by atoms with Crippen molar-refractivity contribution >= 4 is 11.7 Å². The van der Waals surface area contributed by atoms with E-state index in [0.29, 0.717) is 18.1 Å². The van der Waals surface area contributed by atoms with Gasteiger partial charge in [0.25, 0.3) is 5.69 Å². The largest absolute Gasteiger partial charge is 0.424 e. The number of non-ortho nitro benzene ring substituents is 1. The van der Waals surface area contributed by atoms with Crippen LogP contribution in [0.1, 0.15) is 25.3 Å². The Labute approximate surface area is 116 Å². The van der Waals surface area contributed by atoms with Gasteiger partial charge in [-0.15, -0.1) is 0 Å². The second-order valence-corrected chi connectivity index (χ2v) is 5.05. The highest BCUT2D eigenvalue weighted by molar-refractivity contribution is 5.77. The smallest absolute Gasteiger partial charge is 0.340 e. The molecule has 0 bridgehead atoms. The fourth-order valence-electron chi connectivity index (χ4n) is 1.64. The van der Waals surface area contributed by atoms with E-state index in [1.54, 1.807) is 19.9 Å². The van der Waals surface area contributed by atoms with Crippen molar-refractivity contribution in [2.45, 2.75) is 32.8 Å². The van der Waals surface area contributed by atoms with Gasteiger partial charge in [0.15, 0.2) is 6.10 Å². The zero-order chi connectivity index (χ0) is 14.7. The van der Waals surface area contributed by atoms with Crippen LogP contribution in [-0.2, 0) is 9.53 Å². The van der Waals surface area contributed by atoms with Crippen LogP contribution in [0.3, 0.4) is 0 Å². The van der Waals surface area contributed by atoms with Crippen LogP contribution in [0.2, 0.25) is 0 Å². The maximum Gasteiger partial charge on any atom is 0.340 e. The Kier molecular flexibility index (Phi) is 4.34. The average molecular weight is 279 g/mol. The van der Waals surface area contributed by atoms with Gasteiger partial charge in [0, 0.05) is 6.07 Å². The fourth-order valence-corrected chi connectivity index (χ4v) is 1.64. The number of aryl methyl sites for hydroxylation is 1. The standard InChI is InChI=1S/C14H17NO5/c1-9-3-6-12(15(17)18)7-13(9)20-14(16)10(2)19-8-11-4-5-11/h3,6-7,10-11H,4-5,8H2,1-2H3. The molecule has 20 heavy (non-hydrogen) atoms. The fraction of sp³-hybridized carbons (Fsp3) is 0.500. The lowest BCUT2D eigenvalue weighted by atomic mass is 10.2. The van der Waals surface area contributed by atoms with Crippen LogP contribution < -0.4 is 4.74 Å². The van der Waals surface area contributed by atoms with Gasteiger partial charge in [0.2, 0.25) is 0 Å². The normalized spacial score (nSPS) is 15.7. The van der Waals surface area contributed by atoms with Crippen molar-refractivity contribution in [2.24, 2.45) is 5.92 Å². The molecular formula is C14H17NO5. The Balaban J connectivity index is 1.98. The van der Waals surface area contributed by atoms with Gasteiger partial charge in [-0.25, -0.2) is 4.79 Å². The van der Waals surface area contributed by atoms with Gasteiger partial charge in [-0.1, -0.05) is 0 Å². The number of carbonyl (C=O) groups is 1. The van der Waals surface area contributed by atoms with E-state index in [4.69, 9.17) is 9.47 Å². The van der Waals surface area contributed by atoms with Crippen LogP contribution in [0.25, 0.3) is 0 Å². The highest BCUT2D eigenvalue weighted by atomic mass is 16.6. The van der Waals surface area contributed by atoms with Gasteiger partial charge >= 0.3 is 5.97 Å². The summed E-state index contributed by atoms with van der Waals surface area (Å²) in [6.45, 7) is 3.91. The van der Waals surface area contributed by atoms with E-state index >= 15 is 0 Å². The molecule has 1 aromatic rings. The Morgan fingerprint density at radius 1 is 1.50 bits per heavy atom. The molecule has 0 heterocycles. The quantitative estimate of drug-likeness (QED) is 0.346. The molecule has 0 N–H and O–H groups in total. The monoisotopic (exact) mass is 279 g/mol. The van der Waals surface area contributed by atoms with E-state index in [-0.39, 0.29) is 11.4 Å². The van der Waals surface area contributed by atoms with Crippen molar-refractivity contribution < 1.29 is 19.2 Å². The van der Waals surface area contributed by atoms with Crippen LogP contribution in [0.5, 0.6) is 5.75 Å². The van der Waals surface area contributed by atoms with Crippen molar-refractivity contribution in [3.05, 3.63) is 33.9 Å². The van der Waals surface area contributed by atoms with Crippen molar-refractivity contribution in [2.75, 3.05) is 6.61 Å². The van der Waals surface area contributed by atoms with Gasteiger partial charge in [-0.05, 0) is 44.2 Å². The molecule has 1 aliphatic carbocycles. The molecule has 2 rings (SSSR count). The van der Waals surface area contributed by atoms with Crippen molar-refractivity contribution in [3.63, 3.8) is 0 Å². The van der Waals surface area contributed by atoms with Crippen LogP contribution >= 0.6 is 0 Å². The van der Waals surface area contributed by atoms with E-state index in [1.165, 1.54) is 12.1 Å². The van der Waals surface area contributed by atoms with E-state index in [2.05, 4.69) is 0 Å². The van der Waals surface area contributed by atoms with E-state index in [9.17, 15) is 14.9 Å². The number of hydrogen-bond acceptors (Lipinski definition) is 5. The van der Waals surface area contributed by atoms with Gasteiger partial charge in [-0.2, -0.15) is 0 Å². The van der Waals surface area contributed by atoms with Gasteiger partial charge in [0.1, 0.15) is 5.75 Å². The summed E-state index contributed by atoms with van der Waals surface area (Å²) < 4.78 is 10.6. The molecule has 1 saturated carbocycles. The minimum Gasteiger partial charge on any atom is -0.424 e. The molecule has 1 fully saturated rings. The first-order valence-corrected chi connectivity index (χ1v) is 6.55. The van der Waals surface area contributed by atoms with Gasteiger partial charge < -0.3 is 9.47 Å². The van der Waals surface area contributed by atoms with Crippen molar-refractivity contribution in [1.82, 2.24) is 0 Å². The van der Waals surface area contributed by atoms with Crippen LogP contribution in [-0.4, -0.2) is 23.6 Å². The first kappa shape index (κ1) is 14.5. The summed E-state index contributed by atoms with van der Waals surface area (Å²) in [6, 6.07) is 4.18. The Hall–Kier alpha value is -1.95. The lowest BCUT2D eigenvalue weighted by Crippen LogP contribution is -2.26. The van der Waals surface area contributed by atoms with E-state index in [0.717, 1.165) is 12.8 Å². The number of carbonyl (C=O) groups excluding carboxylic acids is 1. The number of nitro benzene ring substituents is 1. The lowest BCUT2D eigenvalue weighted by molar-refractivity contribution is -0.384. The summed E-state index contributed by atoms with van der Waals surface area (Å²) in [5, 5.41) is 10.7. The zero-order valence-electron chi connectivity index (χ0n) is 11.5. The Morgan fingerprint density at radius 2 is 2.20 bits per heavy atom. The maximum absolute atomic E-state index is 11.9. The SMILES string of the molecule is Cc1ccc([N+](=O)[O-])cc1OC(=O)C(C)OCC1CC1. The molecule has 1 unspecified atom stereocenters. The van der Waals surface area contributed by atoms with Gasteiger partial charge in [0.05, 0.1) is 17.6 Å². The third kappa shape index (κ3) is 3.77. The number of esters is 1. The molecule has 0 saturated heterocycles. The molecular weight excluding hydrogens is 262 g/mol. The second-order valence-electron chi connectivity index (χ2n) is 5.05. The van der Waals surface area contributed by atoms with Gasteiger partial charge in [-0.3, -0.25) is 10.1 Å². The number of hydrogen-bond donors (Lipinski definition) is 0. The highest BCUT2D eigenvalue weighted by Crippen LogP contribution is 2.29. The first-order chi connectivity index (χ1) is 9.47. The Morgan fingerprint density at radius 3 is 2.80 bits per heavy atom. The minimum absolute atomic E-state index is 0.107. The number of rotatable bonds is 6. The van der Waals surface area contributed by atoms with Crippen molar-refractivity contribution in [1.29, 1.82) is 0 Å². The molecule has 1 aromatic carbocycles. The van der Waals surface area contributed by atoms with Crippen LogP contribution in [0.4, 0.5) is 5.69 Å². The number of benzene rings is 1. The number of nitrogens with zero attached hydrogens (tertiary/aromatic N) is 1. The molecule has 108 valence electrons. The second kappa shape index (κ2) is 6.00. The summed E-state index contributed by atoms with van der Waals surface area (Å²) in [5.41, 5.74) is 0.559. The molecule has 0 aliphatic heterocycles. The number of ether oxygens (including phenoxy) is 2. The van der Waals surface area contributed by atoms with Crippen LogP contribution in [0.15, 0.2) is 18.2 Å². The summed E-state index contributed by atoms with van der Waals surface area (Å²) in [7, 11) is 0. The summed E-state index contributed by atoms with van der Waals surface area (Å²) >= 11 is 0. The molecule has 0 amide bonds. The molecule has 0 radical (unpaired) electrons. The summed E-state index contributed by atoms with van der Waals surface area (Å²) in [5.74, 6) is 0.227. The molecule has 0 aromatic heterocycles. The summed E-state index contributed by atoms with van der Waals surface area (Å²) in [4.78, 5) is 22.0. The molecule has 0 spiro atoms. The Bertz CT molecular complexity index is 524. The summed E-state index contributed by atoms with van der Waals surface area (Å²) in [6.07, 6.45) is 1.62. The maximum atomic E-state index is 11.9. The van der Waals surface area contributed by atoms with E-state index < -0.39 is 17.0 Å². The lowest BCUT2D eigenvalue weighted by Gasteiger charge is -2.13. The third-order valence-electron chi connectivity index (χ3n) is 3.20. The molecule has 1 aliphatic rings. The minimum atomic E-state index is -0.672. The van der Waals surface area contributed by atoms with Crippen molar-refractivity contribution in [3.8, 4) is 5.75 Å². The topological polar surface area (TPSA) is 78.7 Å². The van der Waals surface area contributed by atoms with E-state index in [1.807, 2.05) is 0 Å².